The van der Waals surface area contributed by atoms with E-state index in [4.69, 9.17) is 20.9 Å². The lowest BCUT2D eigenvalue weighted by molar-refractivity contribution is -0.123. The van der Waals surface area contributed by atoms with Crippen LogP contribution in [0.3, 0.4) is 0 Å². The molecule has 2 N–H and O–H groups in total. The van der Waals surface area contributed by atoms with Crippen LogP contribution < -0.4 is 15.4 Å². The summed E-state index contributed by atoms with van der Waals surface area (Å²) >= 11 is 5.77. The van der Waals surface area contributed by atoms with Gasteiger partial charge in [-0.1, -0.05) is 16.8 Å². The highest BCUT2D eigenvalue weighted by atomic mass is 35.5. The van der Waals surface area contributed by atoms with Crippen molar-refractivity contribution in [2.24, 2.45) is 0 Å². The molecular formula is C17H16ClFN6O4. The number of benzene rings is 1. The normalized spacial score (nSPS) is 10.6. The van der Waals surface area contributed by atoms with E-state index in [0.717, 1.165) is 0 Å². The van der Waals surface area contributed by atoms with Gasteiger partial charge in [0.25, 0.3) is 5.91 Å². The molecule has 0 unspecified atom stereocenters. The highest BCUT2D eigenvalue weighted by Gasteiger charge is 2.15. The van der Waals surface area contributed by atoms with Gasteiger partial charge >= 0.3 is 11.8 Å². The number of hydrogen-bond acceptors (Lipinski definition) is 7. The van der Waals surface area contributed by atoms with E-state index in [1.165, 1.54) is 35.1 Å². The van der Waals surface area contributed by atoms with Crippen LogP contribution in [0, 0.1) is 5.82 Å². The Labute approximate surface area is 169 Å². The Kier molecular flexibility index (Phi) is 6.74. The summed E-state index contributed by atoms with van der Waals surface area (Å²) in [6, 6.07) is 5.30. The van der Waals surface area contributed by atoms with Crippen molar-refractivity contribution in [3.05, 3.63) is 59.2 Å². The van der Waals surface area contributed by atoms with E-state index in [2.05, 4.69) is 25.9 Å². The van der Waals surface area contributed by atoms with Crippen LogP contribution in [-0.2, 0) is 11.3 Å². The molecule has 0 aliphatic heterocycles. The predicted octanol–water partition coefficient (Wildman–Crippen LogP) is 1.03. The van der Waals surface area contributed by atoms with Crippen molar-refractivity contribution >= 4 is 23.4 Å². The molecule has 10 nitrogen and oxygen atoms in total. The third-order valence-electron chi connectivity index (χ3n) is 3.48. The van der Waals surface area contributed by atoms with Crippen LogP contribution in [0.1, 0.15) is 16.5 Å². The Morgan fingerprint density at radius 3 is 2.69 bits per heavy atom. The largest absolute Gasteiger partial charge is 0.484 e. The van der Waals surface area contributed by atoms with Crippen LogP contribution >= 0.6 is 11.6 Å². The Hall–Kier alpha value is -3.47. The van der Waals surface area contributed by atoms with Gasteiger partial charge in [-0.25, -0.2) is 4.39 Å². The Morgan fingerprint density at radius 1 is 1.21 bits per heavy atom. The summed E-state index contributed by atoms with van der Waals surface area (Å²) in [7, 11) is 0. The minimum atomic E-state index is -0.570. The first-order valence-corrected chi connectivity index (χ1v) is 8.81. The number of carbonyl (C=O) groups is 2. The Morgan fingerprint density at radius 2 is 1.97 bits per heavy atom. The van der Waals surface area contributed by atoms with Crippen LogP contribution in [0.15, 0.2) is 41.2 Å². The van der Waals surface area contributed by atoms with Crippen LogP contribution in [0.25, 0.3) is 0 Å². The molecule has 3 rings (SSSR count). The zero-order valence-corrected chi connectivity index (χ0v) is 15.7. The molecule has 0 radical (unpaired) electrons. The number of carbonyl (C=O) groups excluding carboxylic acids is 2. The van der Waals surface area contributed by atoms with E-state index in [9.17, 15) is 14.0 Å². The second-order valence-electron chi connectivity index (χ2n) is 5.72. The molecule has 3 aromatic rings. The molecular weight excluding hydrogens is 407 g/mol. The lowest BCUT2D eigenvalue weighted by Crippen LogP contribution is -2.36. The summed E-state index contributed by atoms with van der Waals surface area (Å²) in [5.74, 6) is -0.915. The van der Waals surface area contributed by atoms with Crippen molar-refractivity contribution in [1.82, 2.24) is 30.6 Å². The third kappa shape index (κ3) is 6.28. The molecule has 1 aromatic carbocycles. The van der Waals surface area contributed by atoms with Crippen LogP contribution in [0.2, 0.25) is 5.02 Å². The van der Waals surface area contributed by atoms with Crippen molar-refractivity contribution in [3.63, 3.8) is 0 Å². The number of halogens is 2. The molecule has 12 heteroatoms. The van der Waals surface area contributed by atoms with Gasteiger partial charge in [-0.3, -0.25) is 14.3 Å². The molecule has 0 aliphatic rings. The Bertz CT molecular complexity index is 974. The average Bonchev–Trinajstić information content (AvgIpc) is 3.34. The SMILES string of the molecule is O=C(COc1ccc(F)cc1)NCCNC(=O)c1nc(Cn2cc(Cl)cn2)no1. The van der Waals surface area contributed by atoms with Gasteiger partial charge in [-0.2, -0.15) is 10.1 Å². The van der Waals surface area contributed by atoms with Gasteiger partial charge in [0.2, 0.25) is 0 Å². The first-order chi connectivity index (χ1) is 14.0. The third-order valence-corrected chi connectivity index (χ3v) is 3.68. The van der Waals surface area contributed by atoms with E-state index in [1.54, 1.807) is 6.20 Å². The summed E-state index contributed by atoms with van der Waals surface area (Å²) in [4.78, 5) is 27.6. The van der Waals surface area contributed by atoms with E-state index in [1.807, 2.05) is 0 Å². The van der Waals surface area contributed by atoms with Gasteiger partial charge < -0.3 is 19.9 Å². The first-order valence-electron chi connectivity index (χ1n) is 8.43. The molecule has 0 bridgehead atoms. The molecule has 152 valence electrons. The minimum Gasteiger partial charge on any atom is -0.484 e. The van der Waals surface area contributed by atoms with Gasteiger partial charge in [0, 0.05) is 19.3 Å². The monoisotopic (exact) mass is 422 g/mol. The smallest absolute Gasteiger partial charge is 0.316 e. The van der Waals surface area contributed by atoms with Crippen LogP contribution in [-0.4, -0.2) is 51.4 Å². The molecule has 0 fully saturated rings. The van der Waals surface area contributed by atoms with E-state index in [-0.39, 0.29) is 43.9 Å². The van der Waals surface area contributed by atoms with Gasteiger partial charge in [-0.05, 0) is 24.3 Å². The van der Waals surface area contributed by atoms with E-state index < -0.39 is 11.7 Å². The molecule has 2 aromatic heterocycles. The van der Waals surface area contributed by atoms with Gasteiger partial charge in [0.1, 0.15) is 18.1 Å². The highest BCUT2D eigenvalue weighted by molar-refractivity contribution is 6.30. The summed E-state index contributed by atoms with van der Waals surface area (Å²) < 4.78 is 24.4. The number of rotatable bonds is 9. The summed E-state index contributed by atoms with van der Waals surface area (Å²) in [5, 5.41) is 13.2. The van der Waals surface area contributed by atoms with E-state index in [0.29, 0.717) is 10.8 Å². The van der Waals surface area contributed by atoms with Gasteiger partial charge in [-0.15, -0.1) is 0 Å². The quantitative estimate of drug-likeness (QED) is 0.493. The standard InChI is InChI=1S/C17H16ClFN6O4/c18-11-7-22-25(8-11)9-14-23-17(29-24-14)16(27)21-6-5-20-15(26)10-28-13-3-1-12(19)2-4-13/h1-4,7-8H,5-6,9-10H2,(H,20,26)(H,21,27). The maximum absolute atomic E-state index is 12.8. The van der Waals surface area contributed by atoms with Crippen molar-refractivity contribution in [2.45, 2.75) is 6.54 Å². The molecule has 0 saturated carbocycles. The second kappa shape index (κ2) is 9.64. The fourth-order valence-electron chi connectivity index (χ4n) is 2.16. The maximum atomic E-state index is 12.8. The van der Waals surface area contributed by atoms with E-state index >= 15 is 0 Å². The van der Waals surface area contributed by atoms with Crippen molar-refractivity contribution in [3.8, 4) is 5.75 Å². The van der Waals surface area contributed by atoms with Gasteiger partial charge in [0.05, 0.1) is 11.2 Å². The first kappa shape index (κ1) is 20.3. The molecule has 2 amide bonds. The van der Waals surface area contributed by atoms with Crippen molar-refractivity contribution in [2.75, 3.05) is 19.7 Å². The molecule has 2 heterocycles. The average molecular weight is 423 g/mol. The molecule has 0 aliphatic carbocycles. The predicted molar refractivity (Wildman–Crippen MR) is 97.9 cm³/mol. The molecule has 0 atom stereocenters. The molecule has 0 spiro atoms. The highest BCUT2D eigenvalue weighted by Crippen LogP contribution is 2.10. The fourth-order valence-corrected chi connectivity index (χ4v) is 2.32. The molecule has 0 saturated heterocycles. The van der Waals surface area contributed by atoms with Crippen molar-refractivity contribution < 1.29 is 23.2 Å². The maximum Gasteiger partial charge on any atom is 0.316 e. The lowest BCUT2D eigenvalue weighted by Gasteiger charge is -2.07. The molecule has 29 heavy (non-hydrogen) atoms. The number of amides is 2. The second-order valence-corrected chi connectivity index (χ2v) is 6.16. The Balaban J connectivity index is 1.34. The number of aromatic nitrogens is 4. The van der Waals surface area contributed by atoms with Gasteiger partial charge in [0.15, 0.2) is 12.4 Å². The number of ether oxygens (including phenoxy) is 1. The zero-order chi connectivity index (χ0) is 20.6. The minimum absolute atomic E-state index is 0.146. The summed E-state index contributed by atoms with van der Waals surface area (Å²) in [6.45, 7) is 0.287. The lowest BCUT2D eigenvalue weighted by atomic mass is 10.3. The number of nitrogens with zero attached hydrogens (tertiary/aromatic N) is 4. The fraction of sp³-hybridized carbons (Fsp3) is 0.235. The van der Waals surface area contributed by atoms with Crippen LogP contribution in [0.4, 0.5) is 4.39 Å². The number of nitrogens with one attached hydrogen (secondary N) is 2. The summed E-state index contributed by atoms with van der Waals surface area (Å²) in [5.41, 5.74) is 0. The zero-order valence-electron chi connectivity index (χ0n) is 15.0. The topological polar surface area (TPSA) is 124 Å². The van der Waals surface area contributed by atoms with Crippen LogP contribution in [0.5, 0.6) is 5.75 Å². The van der Waals surface area contributed by atoms with Crippen molar-refractivity contribution in [1.29, 1.82) is 0 Å². The number of hydrogen-bond donors (Lipinski definition) is 2. The summed E-state index contributed by atoms with van der Waals surface area (Å²) in [6.07, 6.45) is 3.05.